The van der Waals surface area contributed by atoms with Crippen molar-refractivity contribution in [3.05, 3.63) is 47.6 Å². The third-order valence-corrected chi connectivity index (χ3v) is 3.63. The molecule has 1 aromatic carbocycles. The van der Waals surface area contributed by atoms with Crippen LogP contribution in [-0.4, -0.2) is 21.9 Å². The van der Waals surface area contributed by atoms with Crippen molar-refractivity contribution in [2.45, 2.75) is 45.3 Å². The first-order valence-electron chi connectivity index (χ1n) is 7.29. The summed E-state index contributed by atoms with van der Waals surface area (Å²) in [7, 11) is 0. The van der Waals surface area contributed by atoms with Crippen molar-refractivity contribution in [1.82, 2.24) is 10.1 Å². The van der Waals surface area contributed by atoms with Crippen LogP contribution in [0, 0.1) is 0 Å². The second-order valence-corrected chi connectivity index (χ2v) is 5.16. The van der Waals surface area contributed by atoms with Gasteiger partial charge in [-0.15, -0.1) is 0 Å². The largest absolute Gasteiger partial charge is 0.388 e. The van der Waals surface area contributed by atoms with E-state index in [-0.39, 0.29) is 0 Å². The Hall–Kier alpha value is -1.72. The summed E-state index contributed by atoms with van der Waals surface area (Å²) in [6, 6.07) is 9.44. The number of aromatic nitrogens is 2. The lowest BCUT2D eigenvalue weighted by Gasteiger charge is -2.23. The topological polar surface area (TPSA) is 68.4 Å². The van der Waals surface area contributed by atoms with Crippen molar-refractivity contribution < 1.29 is 14.4 Å². The van der Waals surface area contributed by atoms with Gasteiger partial charge in [-0.05, 0) is 25.8 Å². The molecule has 1 heterocycles. The molecule has 2 rings (SSSR count). The molecule has 0 radical (unpaired) electrons. The van der Waals surface area contributed by atoms with Crippen LogP contribution < -0.4 is 0 Å². The smallest absolute Gasteiger partial charge is 0.229 e. The molecule has 0 saturated heterocycles. The molecule has 0 aliphatic carbocycles. The Morgan fingerprint density at radius 3 is 2.62 bits per heavy atom. The zero-order chi connectivity index (χ0) is 15.3. The third kappa shape index (κ3) is 3.68. The van der Waals surface area contributed by atoms with Crippen LogP contribution in [0.2, 0.25) is 0 Å². The van der Waals surface area contributed by atoms with Crippen LogP contribution in [0.1, 0.15) is 50.6 Å². The number of ether oxygens (including phenoxy) is 1. The summed E-state index contributed by atoms with van der Waals surface area (Å²) in [6.45, 7) is 6.48. The minimum absolute atomic E-state index is 0.295. The van der Waals surface area contributed by atoms with Gasteiger partial charge in [0.1, 0.15) is 5.60 Å². The molecule has 0 fully saturated rings. The van der Waals surface area contributed by atoms with Crippen LogP contribution in [0.4, 0.5) is 0 Å². The lowest BCUT2D eigenvalue weighted by atomic mass is 10.0. The lowest BCUT2D eigenvalue weighted by molar-refractivity contribution is -0.0403. The Morgan fingerprint density at radius 2 is 2.00 bits per heavy atom. The lowest BCUT2D eigenvalue weighted by Crippen LogP contribution is -2.26. The average molecular weight is 290 g/mol. The molecule has 21 heavy (non-hydrogen) atoms. The zero-order valence-corrected chi connectivity index (χ0v) is 12.7. The molecule has 2 aromatic rings. The number of hydrogen-bond acceptors (Lipinski definition) is 5. The standard InChI is InChI=1S/C16H22N2O3/c1-4-16(3,20-5-2)15-17-14(21-18-15)11-13(19)12-9-7-6-8-10-12/h6-10,13,19H,4-5,11H2,1-3H3. The van der Waals surface area contributed by atoms with Gasteiger partial charge in [0.05, 0.1) is 12.5 Å². The Kier molecular flexibility index (Phi) is 5.09. The second kappa shape index (κ2) is 6.83. The molecular weight excluding hydrogens is 268 g/mol. The molecule has 5 heteroatoms. The molecule has 0 saturated carbocycles. The normalized spacial score (nSPS) is 15.6. The van der Waals surface area contributed by atoms with E-state index in [1.165, 1.54) is 0 Å². The summed E-state index contributed by atoms with van der Waals surface area (Å²) < 4.78 is 11.0. The first-order valence-corrected chi connectivity index (χ1v) is 7.29. The van der Waals surface area contributed by atoms with Gasteiger partial charge in [-0.2, -0.15) is 4.98 Å². The number of nitrogens with zero attached hydrogens (tertiary/aromatic N) is 2. The highest BCUT2D eigenvalue weighted by Gasteiger charge is 2.31. The number of aliphatic hydroxyl groups excluding tert-OH is 1. The molecule has 0 aliphatic heterocycles. The average Bonchev–Trinajstić information content (AvgIpc) is 2.97. The van der Waals surface area contributed by atoms with E-state index in [2.05, 4.69) is 10.1 Å². The molecule has 0 bridgehead atoms. The van der Waals surface area contributed by atoms with Gasteiger partial charge in [0.15, 0.2) is 0 Å². The van der Waals surface area contributed by atoms with Gasteiger partial charge < -0.3 is 14.4 Å². The van der Waals surface area contributed by atoms with Gasteiger partial charge in [0.2, 0.25) is 11.7 Å². The summed E-state index contributed by atoms with van der Waals surface area (Å²) in [5.41, 5.74) is 0.286. The summed E-state index contributed by atoms with van der Waals surface area (Å²) in [5.74, 6) is 0.947. The van der Waals surface area contributed by atoms with Crippen molar-refractivity contribution in [3.8, 4) is 0 Å². The van der Waals surface area contributed by atoms with E-state index >= 15 is 0 Å². The quantitative estimate of drug-likeness (QED) is 0.849. The van der Waals surface area contributed by atoms with E-state index in [0.29, 0.717) is 24.7 Å². The third-order valence-electron chi connectivity index (χ3n) is 3.63. The van der Waals surface area contributed by atoms with Crippen molar-refractivity contribution in [1.29, 1.82) is 0 Å². The maximum Gasteiger partial charge on any atom is 0.229 e. The minimum atomic E-state index is -0.653. The first kappa shape index (κ1) is 15.7. The minimum Gasteiger partial charge on any atom is -0.388 e. The van der Waals surface area contributed by atoms with Crippen molar-refractivity contribution in [2.75, 3.05) is 6.61 Å². The Morgan fingerprint density at radius 1 is 1.29 bits per heavy atom. The highest BCUT2D eigenvalue weighted by molar-refractivity contribution is 5.18. The molecule has 0 aliphatic rings. The number of hydrogen-bond donors (Lipinski definition) is 1. The predicted molar refractivity (Wildman–Crippen MR) is 78.7 cm³/mol. The van der Waals surface area contributed by atoms with Crippen molar-refractivity contribution in [2.24, 2.45) is 0 Å². The van der Waals surface area contributed by atoms with Gasteiger partial charge in [-0.25, -0.2) is 0 Å². The summed E-state index contributed by atoms with van der Waals surface area (Å²) in [5, 5.41) is 14.2. The molecule has 1 aromatic heterocycles. The highest BCUT2D eigenvalue weighted by atomic mass is 16.5. The van der Waals surface area contributed by atoms with Gasteiger partial charge in [-0.1, -0.05) is 42.4 Å². The molecule has 2 atom stereocenters. The molecule has 1 N–H and O–H groups in total. The van der Waals surface area contributed by atoms with Gasteiger partial charge >= 0.3 is 0 Å². The first-order chi connectivity index (χ1) is 10.1. The van der Waals surface area contributed by atoms with Crippen LogP contribution in [0.15, 0.2) is 34.9 Å². The maximum absolute atomic E-state index is 10.2. The van der Waals surface area contributed by atoms with E-state index in [4.69, 9.17) is 9.26 Å². The Balaban J connectivity index is 2.10. The highest BCUT2D eigenvalue weighted by Crippen LogP contribution is 2.27. The van der Waals surface area contributed by atoms with E-state index in [1.807, 2.05) is 51.1 Å². The van der Waals surface area contributed by atoms with Gasteiger partial charge in [0, 0.05) is 6.61 Å². The summed E-state index contributed by atoms with van der Waals surface area (Å²) in [6.07, 6.45) is 0.392. The van der Waals surface area contributed by atoms with Gasteiger partial charge in [0.25, 0.3) is 0 Å². The zero-order valence-electron chi connectivity index (χ0n) is 12.7. The molecule has 5 nitrogen and oxygen atoms in total. The number of benzene rings is 1. The molecule has 114 valence electrons. The maximum atomic E-state index is 10.2. The fraction of sp³-hybridized carbons (Fsp3) is 0.500. The van der Waals surface area contributed by atoms with E-state index in [0.717, 1.165) is 12.0 Å². The van der Waals surface area contributed by atoms with Crippen LogP contribution in [0.5, 0.6) is 0 Å². The van der Waals surface area contributed by atoms with E-state index in [1.54, 1.807) is 0 Å². The number of aliphatic hydroxyl groups is 1. The van der Waals surface area contributed by atoms with Crippen molar-refractivity contribution >= 4 is 0 Å². The SMILES string of the molecule is CCOC(C)(CC)c1noc(CC(O)c2ccccc2)n1. The molecule has 2 unspecified atom stereocenters. The van der Waals surface area contributed by atoms with Crippen LogP contribution in [-0.2, 0) is 16.8 Å². The Bertz CT molecular complexity index is 556. The fourth-order valence-electron chi connectivity index (χ4n) is 2.15. The van der Waals surface area contributed by atoms with E-state index in [9.17, 15) is 5.11 Å². The van der Waals surface area contributed by atoms with E-state index < -0.39 is 11.7 Å². The van der Waals surface area contributed by atoms with Crippen LogP contribution in [0.25, 0.3) is 0 Å². The van der Waals surface area contributed by atoms with Crippen LogP contribution >= 0.6 is 0 Å². The van der Waals surface area contributed by atoms with Gasteiger partial charge in [-0.3, -0.25) is 0 Å². The van der Waals surface area contributed by atoms with Crippen LogP contribution in [0.3, 0.4) is 0 Å². The molecule has 0 spiro atoms. The predicted octanol–water partition coefficient (Wildman–Crippen LogP) is 3.01. The molecule has 0 amide bonds. The summed E-state index contributed by atoms with van der Waals surface area (Å²) in [4.78, 5) is 4.37. The fourth-order valence-corrected chi connectivity index (χ4v) is 2.15. The monoisotopic (exact) mass is 290 g/mol. The number of rotatable bonds is 7. The summed E-state index contributed by atoms with van der Waals surface area (Å²) >= 11 is 0. The Labute approximate surface area is 125 Å². The second-order valence-electron chi connectivity index (χ2n) is 5.16. The van der Waals surface area contributed by atoms with Crippen molar-refractivity contribution in [3.63, 3.8) is 0 Å². The molecular formula is C16H22N2O3.